The Morgan fingerprint density at radius 2 is 1.75 bits per heavy atom. The van der Waals surface area contributed by atoms with Crippen molar-refractivity contribution in [2.75, 3.05) is 13.2 Å². The van der Waals surface area contributed by atoms with Gasteiger partial charge in [-0.3, -0.25) is 0 Å². The van der Waals surface area contributed by atoms with E-state index in [1.807, 2.05) is 0 Å². The Labute approximate surface area is 74.5 Å². The van der Waals surface area contributed by atoms with E-state index < -0.39 is 0 Å². The van der Waals surface area contributed by atoms with E-state index in [0.29, 0.717) is 10.8 Å². The van der Waals surface area contributed by atoms with Crippen LogP contribution in [0.1, 0.15) is 33.6 Å². The summed E-state index contributed by atoms with van der Waals surface area (Å²) in [6, 6.07) is 0. The van der Waals surface area contributed by atoms with E-state index in [9.17, 15) is 0 Å². The Kier molecular flexibility index (Phi) is 1.45. The lowest BCUT2D eigenvalue weighted by molar-refractivity contribution is -0.158. The summed E-state index contributed by atoms with van der Waals surface area (Å²) in [5.74, 6) is 0. The third kappa shape index (κ3) is 0.826. The fraction of sp³-hybridized carbons (Fsp3) is 1.00. The molecule has 0 radical (unpaired) electrons. The fourth-order valence-electron chi connectivity index (χ4n) is 2.84. The van der Waals surface area contributed by atoms with Gasteiger partial charge in [-0.25, -0.2) is 0 Å². The zero-order valence-electron chi connectivity index (χ0n) is 8.31. The minimum atomic E-state index is -0.0362. The highest BCUT2D eigenvalue weighted by molar-refractivity contribution is 5.16. The largest absolute Gasteiger partial charge is 0.380 e. The zero-order chi connectivity index (χ0) is 9.04. The van der Waals surface area contributed by atoms with Gasteiger partial charge in [-0.1, -0.05) is 6.92 Å². The topological polar surface area (TPSA) is 35.2 Å². The van der Waals surface area contributed by atoms with Crippen LogP contribution in [0.2, 0.25) is 0 Å². The zero-order valence-corrected chi connectivity index (χ0v) is 8.31. The molecule has 2 rings (SSSR count). The van der Waals surface area contributed by atoms with Gasteiger partial charge in [-0.15, -0.1) is 0 Å². The highest BCUT2D eigenvalue weighted by Crippen LogP contribution is 2.66. The van der Waals surface area contributed by atoms with Gasteiger partial charge in [0, 0.05) is 11.0 Å². The van der Waals surface area contributed by atoms with Crippen molar-refractivity contribution in [2.24, 2.45) is 16.6 Å². The molecule has 1 aliphatic carbocycles. The average Bonchev–Trinajstić information content (AvgIpc) is 2.59. The summed E-state index contributed by atoms with van der Waals surface area (Å²) in [7, 11) is 0. The van der Waals surface area contributed by atoms with Crippen molar-refractivity contribution in [3.8, 4) is 0 Å². The van der Waals surface area contributed by atoms with Gasteiger partial charge >= 0.3 is 0 Å². The lowest BCUT2D eigenvalue weighted by Crippen LogP contribution is -2.58. The predicted molar refractivity (Wildman–Crippen MR) is 48.9 cm³/mol. The van der Waals surface area contributed by atoms with Crippen molar-refractivity contribution < 1.29 is 4.74 Å². The van der Waals surface area contributed by atoms with Crippen LogP contribution in [0.15, 0.2) is 0 Å². The van der Waals surface area contributed by atoms with Gasteiger partial charge in [-0.2, -0.15) is 0 Å². The third-order valence-corrected chi connectivity index (χ3v) is 3.98. The van der Waals surface area contributed by atoms with Crippen molar-refractivity contribution in [2.45, 2.75) is 39.2 Å². The first-order chi connectivity index (χ1) is 5.41. The average molecular weight is 169 g/mol. The van der Waals surface area contributed by atoms with Gasteiger partial charge < -0.3 is 10.5 Å². The number of hydrogen-bond acceptors (Lipinski definition) is 2. The Hall–Kier alpha value is -0.0800. The lowest BCUT2D eigenvalue weighted by atomic mass is 9.64. The SMILES string of the molecule is CC(C)(N)C1(C2(C)COC2)CC1. The number of ether oxygens (including phenoxy) is 1. The summed E-state index contributed by atoms with van der Waals surface area (Å²) in [4.78, 5) is 0. The molecule has 0 atom stereocenters. The first-order valence-corrected chi connectivity index (χ1v) is 4.78. The van der Waals surface area contributed by atoms with Crippen LogP contribution >= 0.6 is 0 Å². The molecule has 1 heterocycles. The van der Waals surface area contributed by atoms with Gasteiger partial charge in [0.2, 0.25) is 0 Å². The second kappa shape index (κ2) is 2.05. The van der Waals surface area contributed by atoms with Crippen LogP contribution in [-0.2, 0) is 4.74 Å². The Morgan fingerprint density at radius 1 is 1.25 bits per heavy atom. The monoisotopic (exact) mass is 169 g/mol. The van der Waals surface area contributed by atoms with Crippen LogP contribution in [0.25, 0.3) is 0 Å². The molecule has 70 valence electrons. The molecule has 0 aromatic heterocycles. The summed E-state index contributed by atoms with van der Waals surface area (Å²) < 4.78 is 5.30. The van der Waals surface area contributed by atoms with E-state index in [1.54, 1.807) is 0 Å². The second-order valence-corrected chi connectivity index (χ2v) is 5.36. The third-order valence-electron chi connectivity index (χ3n) is 3.98. The van der Waals surface area contributed by atoms with Crippen molar-refractivity contribution in [3.05, 3.63) is 0 Å². The maximum Gasteiger partial charge on any atom is 0.0548 e. The van der Waals surface area contributed by atoms with E-state index in [0.717, 1.165) is 13.2 Å². The quantitative estimate of drug-likeness (QED) is 0.680. The molecule has 1 aliphatic heterocycles. The molecule has 0 unspecified atom stereocenters. The van der Waals surface area contributed by atoms with Gasteiger partial charge in [0.15, 0.2) is 0 Å². The Morgan fingerprint density at radius 3 is 1.83 bits per heavy atom. The summed E-state index contributed by atoms with van der Waals surface area (Å²) in [6.07, 6.45) is 2.58. The minimum Gasteiger partial charge on any atom is -0.380 e. The molecule has 0 amide bonds. The molecule has 12 heavy (non-hydrogen) atoms. The highest BCUT2D eigenvalue weighted by atomic mass is 16.5. The highest BCUT2D eigenvalue weighted by Gasteiger charge is 2.65. The van der Waals surface area contributed by atoms with E-state index >= 15 is 0 Å². The molecule has 0 spiro atoms. The molecule has 0 bridgehead atoms. The molecule has 2 heteroatoms. The van der Waals surface area contributed by atoms with Gasteiger partial charge in [0.25, 0.3) is 0 Å². The van der Waals surface area contributed by atoms with Crippen LogP contribution in [0.4, 0.5) is 0 Å². The van der Waals surface area contributed by atoms with Crippen molar-refractivity contribution >= 4 is 0 Å². The van der Waals surface area contributed by atoms with E-state index in [-0.39, 0.29) is 5.54 Å². The summed E-state index contributed by atoms with van der Waals surface area (Å²) in [6.45, 7) is 8.45. The Bertz CT molecular complexity index is 196. The molecule has 2 nitrogen and oxygen atoms in total. The Balaban J connectivity index is 2.21. The van der Waals surface area contributed by atoms with E-state index in [1.165, 1.54) is 12.8 Å². The number of hydrogen-bond donors (Lipinski definition) is 1. The maximum atomic E-state index is 6.22. The molecular weight excluding hydrogens is 150 g/mol. The van der Waals surface area contributed by atoms with Crippen LogP contribution in [-0.4, -0.2) is 18.8 Å². The molecular formula is C10H19NO. The summed E-state index contributed by atoms with van der Waals surface area (Å²) in [5.41, 5.74) is 6.92. The fourth-order valence-corrected chi connectivity index (χ4v) is 2.84. The van der Waals surface area contributed by atoms with Crippen molar-refractivity contribution in [1.29, 1.82) is 0 Å². The molecule has 2 fully saturated rings. The molecule has 2 N–H and O–H groups in total. The molecule has 2 aliphatic rings. The standard InChI is InChI=1S/C10H19NO/c1-8(2,11)10(4-5-10)9(3)6-12-7-9/h4-7,11H2,1-3H3. The molecule has 1 saturated carbocycles. The van der Waals surface area contributed by atoms with Crippen LogP contribution in [0.3, 0.4) is 0 Å². The smallest absolute Gasteiger partial charge is 0.0548 e. The molecule has 1 saturated heterocycles. The lowest BCUT2D eigenvalue weighted by Gasteiger charge is -2.51. The van der Waals surface area contributed by atoms with Crippen molar-refractivity contribution in [1.82, 2.24) is 0 Å². The predicted octanol–water partition coefficient (Wildman–Crippen LogP) is 1.54. The summed E-state index contributed by atoms with van der Waals surface area (Å²) >= 11 is 0. The van der Waals surface area contributed by atoms with Gasteiger partial charge in [-0.05, 0) is 32.1 Å². The second-order valence-electron chi connectivity index (χ2n) is 5.36. The normalized spacial score (nSPS) is 31.0. The van der Waals surface area contributed by atoms with Crippen LogP contribution in [0, 0.1) is 10.8 Å². The summed E-state index contributed by atoms with van der Waals surface area (Å²) in [5, 5.41) is 0. The number of rotatable bonds is 2. The van der Waals surface area contributed by atoms with Crippen molar-refractivity contribution in [3.63, 3.8) is 0 Å². The minimum absolute atomic E-state index is 0.0362. The van der Waals surface area contributed by atoms with E-state index in [4.69, 9.17) is 10.5 Å². The first kappa shape index (κ1) is 8.52. The number of nitrogens with two attached hydrogens (primary N) is 1. The van der Waals surface area contributed by atoms with Crippen LogP contribution in [0.5, 0.6) is 0 Å². The van der Waals surface area contributed by atoms with Gasteiger partial charge in [0.1, 0.15) is 0 Å². The van der Waals surface area contributed by atoms with Crippen LogP contribution < -0.4 is 5.73 Å². The van der Waals surface area contributed by atoms with E-state index in [2.05, 4.69) is 20.8 Å². The molecule has 0 aromatic rings. The first-order valence-electron chi connectivity index (χ1n) is 4.78. The molecule has 0 aromatic carbocycles. The maximum absolute atomic E-state index is 6.22. The van der Waals surface area contributed by atoms with Gasteiger partial charge in [0.05, 0.1) is 13.2 Å².